The summed E-state index contributed by atoms with van der Waals surface area (Å²) >= 11 is 0. The first-order valence-corrected chi connectivity index (χ1v) is 11.9. The fraction of sp³-hybridized carbons (Fsp3) is 0.875. The van der Waals surface area contributed by atoms with E-state index in [1.807, 2.05) is 6.92 Å². The lowest BCUT2D eigenvalue weighted by molar-refractivity contribution is -0.882. The van der Waals surface area contributed by atoms with Gasteiger partial charge in [-0.2, -0.15) is 0 Å². The highest BCUT2D eigenvalue weighted by molar-refractivity contribution is 5.76. The predicted octanol–water partition coefficient (Wildman–Crippen LogP) is 6.61. The molecule has 0 aromatic rings. The van der Waals surface area contributed by atoms with E-state index < -0.39 is 0 Å². The zero-order valence-electron chi connectivity index (χ0n) is 18.6. The summed E-state index contributed by atoms with van der Waals surface area (Å²) in [5.74, 6) is 1.24. The maximum absolute atomic E-state index is 10.2. The molecule has 0 fully saturated rings. The van der Waals surface area contributed by atoms with Crippen LogP contribution in [0.5, 0.6) is 0 Å². The fourth-order valence-electron chi connectivity index (χ4n) is 4.29. The van der Waals surface area contributed by atoms with Crippen LogP contribution >= 0.6 is 0 Å². The van der Waals surface area contributed by atoms with Gasteiger partial charge in [-0.3, -0.25) is 4.48 Å². The zero-order chi connectivity index (χ0) is 19.8. The minimum absolute atomic E-state index is 0.318. The second kappa shape index (κ2) is 15.3. The van der Waals surface area contributed by atoms with Crippen molar-refractivity contribution in [2.24, 2.45) is 4.99 Å². The monoisotopic (exact) mass is 379 g/mol. The Morgan fingerprint density at radius 1 is 0.889 bits per heavy atom. The van der Waals surface area contributed by atoms with E-state index >= 15 is 0 Å². The highest BCUT2D eigenvalue weighted by Crippen LogP contribution is 2.23. The number of nitrogens with zero attached hydrogens (tertiary/aromatic N) is 2. The topological polar surface area (TPSA) is 32.6 Å². The van der Waals surface area contributed by atoms with Gasteiger partial charge in [0.2, 0.25) is 5.84 Å². The Labute approximate surface area is 169 Å². The first kappa shape index (κ1) is 24.4. The maximum Gasteiger partial charge on any atom is 0.200 e. The van der Waals surface area contributed by atoms with Gasteiger partial charge < -0.3 is 5.11 Å². The summed E-state index contributed by atoms with van der Waals surface area (Å²) in [6.45, 7) is 9.21. The molecule has 0 bridgehead atoms. The number of rotatable bonds is 17. The number of allylic oxidation sites excluding steroid dienone is 2. The third-order valence-electron chi connectivity index (χ3n) is 6.25. The minimum atomic E-state index is -0.318. The Bertz CT molecular complexity index is 417. The summed E-state index contributed by atoms with van der Waals surface area (Å²) in [5.41, 5.74) is 0. The van der Waals surface area contributed by atoms with E-state index in [1.54, 1.807) is 0 Å². The first-order valence-electron chi connectivity index (χ1n) is 11.9. The van der Waals surface area contributed by atoms with Gasteiger partial charge in [0.25, 0.3) is 0 Å². The van der Waals surface area contributed by atoms with Crippen molar-refractivity contribution in [3.8, 4) is 0 Å². The summed E-state index contributed by atoms with van der Waals surface area (Å²) in [7, 11) is 0. The lowest BCUT2D eigenvalue weighted by Gasteiger charge is -2.36. The molecule has 0 amide bonds. The van der Waals surface area contributed by atoms with Crippen LogP contribution in [0.25, 0.3) is 0 Å². The standard InChI is InChI=1S/C24H47N2O/c1-4-6-7-8-9-10-11-12-13-14-15-16-17-18-19-20-24-25-21-22-26(24,5-2)23(3)27/h10-11,23,27H,4-9,12-22H2,1-3H3/q+1/b11-10+. The lowest BCUT2D eigenvalue weighted by Crippen LogP contribution is -2.56. The molecular formula is C24H47N2O+. The van der Waals surface area contributed by atoms with E-state index in [0.717, 1.165) is 26.1 Å². The van der Waals surface area contributed by atoms with Crippen molar-refractivity contribution in [3.05, 3.63) is 12.2 Å². The number of quaternary nitrogens is 1. The van der Waals surface area contributed by atoms with Gasteiger partial charge in [-0.1, -0.05) is 70.4 Å². The summed E-state index contributed by atoms with van der Waals surface area (Å²) < 4.78 is 0.714. The van der Waals surface area contributed by atoms with Crippen molar-refractivity contribution < 1.29 is 9.59 Å². The van der Waals surface area contributed by atoms with E-state index in [2.05, 4.69) is 26.0 Å². The Morgan fingerprint density at radius 2 is 1.44 bits per heavy atom. The van der Waals surface area contributed by atoms with Crippen LogP contribution in [0.3, 0.4) is 0 Å². The van der Waals surface area contributed by atoms with Crippen LogP contribution in [-0.2, 0) is 0 Å². The lowest BCUT2D eigenvalue weighted by atomic mass is 10.1. The zero-order valence-corrected chi connectivity index (χ0v) is 18.6. The highest BCUT2D eigenvalue weighted by Gasteiger charge is 2.40. The minimum Gasteiger partial charge on any atom is -0.345 e. The predicted molar refractivity (Wildman–Crippen MR) is 119 cm³/mol. The molecule has 27 heavy (non-hydrogen) atoms. The van der Waals surface area contributed by atoms with Crippen molar-refractivity contribution in [1.29, 1.82) is 0 Å². The van der Waals surface area contributed by atoms with Gasteiger partial charge in [0.15, 0.2) is 6.23 Å². The molecule has 0 saturated carbocycles. The Balaban J connectivity index is 1.94. The third-order valence-corrected chi connectivity index (χ3v) is 6.25. The second-order valence-electron chi connectivity index (χ2n) is 8.34. The Hall–Kier alpha value is -0.670. The molecule has 0 saturated heterocycles. The molecule has 0 radical (unpaired) electrons. The molecule has 1 aliphatic heterocycles. The second-order valence-corrected chi connectivity index (χ2v) is 8.34. The molecule has 1 rings (SSSR count). The average Bonchev–Trinajstić information content (AvgIpc) is 3.09. The average molecular weight is 380 g/mol. The number of unbranched alkanes of at least 4 members (excludes halogenated alkanes) is 11. The molecule has 1 aliphatic rings. The quantitative estimate of drug-likeness (QED) is 0.172. The molecule has 0 aromatic heterocycles. The molecule has 2 unspecified atom stereocenters. The maximum atomic E-state index is 10.2. The van der Waals surface area contributed by atoms with Gasteiger partial charge in [0.1, 0.15) is 6.54 Å². The molecule has 2 atom stereocenters. The van der Waals surface area contributed by atoms with Gasteiger partial charge in [-0.25, -0.2) is 4.99 Å². The molecule has 0 aliphatic carbocycles. The smallest absolute Gasteiger partial charge is 0.200 e. The van der Waals surface area contributed by atoms with Crippen LogP contribution < -0.4 is 0 Å². The SMILES string of the molecule is CCCCCC/C=C/CCCCCCCCCC1=NCC[N+]1(CC)C(C)O. The van der Waals surface area contributed by atoms with Gasteiger partial charge in [-0.05, 0) is 39.0 Å². The van der Waals surface area contributed by atoms with Crippen LogP contribution in [0.15, 0.2) is 17.1 Å². The van der Waals surface area contributed by atoms with E-state index in [1.165, 1.54) is 89.3 Å². The molecule has 3 heteroatoms. The Morgan fingerprint density at radius 3 is 2.00 bits per heavy atom. The van der Waals surface area contributed by atoms with Crippen molar-refractivity contribution in [2.75, 3.05) is 19.6 Å². The van der Waals surface area contributed by atoms with Crippen LogP contribution in [0.2, 0.25) is 0 Å². The number of aliphatic hydroxyl groups excluding tert-OH is 1. The normalized spacial score (nSPS) is 21.1. The number of hydrogen-bond donors (Lipinski definition) is 1. The summed E-state index contributed by atoms with van der Waals surface area (Å²) in [5, 5.41) is 10.2. The largest absolute Gasteiger partial charge is 0.345 e. The van der Waals surface area contributed by atoms with Crippen molar-refractivity contribution in [3.63, 3.8) is 0 Å². The number of aliphatic hydroxyl groups is 1. The third kappa shape index (κ3) is 9.38. The van der Waals surface area contributed by atoms with Crippen molar-refractivity contribution in [2.45, 2.75) is 117 Å². The van der Waals surface area contributed by atoms with Gasteiger partial charge in [-0.15, -0.1) is 0 Å². The Kier molecular flexibility index (Phi) is 13.8. The van der Waals surface area contributed by atoms with E-state index in [-0.39, 0.29) is 6.23 Å². The molecule has 0 aromatic carbocycles. The number of hydrogen-bond acceptors (Lipinski definition) is 2. The molecule has 158 valence electrons. The van der Waals surface area contributed by atoms with Crippen molar-refractivity contribution >= 4 is 5.84 Å². The van der Waals surface area contributed by atoms with E-state index in [0.29, 0.717) is 4.48 Å². The molecule has 1 heterocycles. The fourth-order valence-corrected chi connectivity index (χ4v) is 4.29. The van der Waals surface area contributed by atoms with Crippen LogP contribution in [0.4, 0.5) is 0 Å². The molecular weight excluding hydrogens is 332 g/mol. The number of aliphatic imine (C=N–C) groups is 1. The van der Waals surface area contributed by atoms with Crippen molar-refractivity contribution in [1.82, 2.24) is 0 Å². The summed E-state index contributed by atoms with van der Waals surface area (Å²) in [6.07, 6.45) is 22.9. The van der Waals surface area contributed by atoms with Gasteiger partial charge in [0.05, 0.1) is 13.1 Å². The van der Waals surface area contributed by atoms with E-state index in [9.17, 15) is 5.11 Å². The molecule has 0 spiro atoms. The summed E-state index contributed by atoms with van der Waals surface area (Å²) in [6, 6.07) is 0. The van der Waals surface area contributed by atoms with Gasteiger partial charge >= 0.3 is 0 Å². The van der Waals surface area contributed by atoms with Crippen LogP contribution in [-0.4, -0.2) is 41.3 Å². The summed E-state index contributed by atoms with van der Waals surface area (Å²) in [4.78, 5) is 4.71. The number of amidine groups is 1. The van der Waals surface area contributed by atoms with Crippen LogP contribution in [0, 0.1) is 0 Å². The van der Waals surface area contributed by atoms with Crippen LogP contribution in [0.1, 0.15) is 111 Å². The number of likely N-dealkylation sites (N-methyl/N-ethyl adjacent to an activating group) is 1. The van der Waals surface area contributed by atoms with E-state index in [4.69, 9.17) is 4.99 Å². The molecule has 1 N–H and O–H groups in total. The molecule has 3 nitrogen and oxygen atoms in total. The van der Waals surface area contributed by atoms with Gasteiger partial charge in [0, 0.05) is 13.3 Å². The first-order chi connectivity index (χ1) is 13.2. The highest BCUT2D eigenvalue weighted by atomic mass is 16.3.